The molecule has 2 amide bonds. The molecular formula is C16H20N2O3. The number of rotatable bonds is 6. The van der Waals surface area contributed by atoms with E-state index in [1.54, 1.807) is 37.4 Å². The lowest BCUT2D eigenvalue weighted by Gasteiger charge is -2.19. The second kappa shape index (κ2) is 6.54. The van der Waals surface area contributed by atoms with Gasteiger partial charge < -0.3 is 15.7 Å². The molecule has 5 heteroatoms. The molecule has 1 unspecified atom stereocenters. The molecule has 0 aromatic heterocycles. The Bertz CT molecular complexity index is 547. The Kier molecular flexibility index (Phi) is 4.75. The minimum Gasteiger partial charge on any atom is -0.391 e. The van der Waals surface area contributed by atoms with Gasteiger partial charge in [-0.05, 0) is 42.5 Å². The van der Waals surface area contributed by atoms with Crippen molar-refractivity contribution in [1.82, 2.24) is 4.90 Å². The van der Waals surface area contributed by atoms with Crippen LogP contribution in [0.4, 0.5) is 0 Å². The van der Waals surface area contributed by atoms with E-state index in [0.29, 0.717) is 18.0 Å². The first-order valence-corrected chi connectivity index (χ1v) is 6.98. The van der Waals surface area contributed by atoms with Crippen LogP contribution in [0.5, 0.6) is 0 Å². The zero-order valence-corrected chi connectivity index (χ0v) is 12.0. The van der Waals surface area contributed by atoms with Gasteiger partial charge in [-0.2, -0.15) is 0 Å². The third-order valence-electron chi connectivity index (χ3n) is 3.62. The van der Waals surface area contributed by atoms with Crippen LogP contribution < -0.4 is 5.73 Å². The minimum atomic E-state index is -0.476. The molecule has 0 spiro atoms. The molecule has 3 N–H and O–H groups in total. The Labute approximate surface area is 124 Å². The monoisotopic (exact) mass is 288 g/mol. The Morgan fingerprint density at radius 3 is 2.52 bits per heavy atom. The number of benzene rings is 1. The summed E-state index contributed by atoms with van der Waals surface area (Å²) in [6.07, 6.45) is 4.80. The van der Waals surface area contributed by atoms with Crippen LogP contribution in [0.2, 0.25) is 0 Å². The van der Waals surface area contributed by atoms with Crippen LogP contribution in [0.25, 0.3) is 6.08 Å². The number of carbonyl (C=O) groups excluding carboxylic acids is 2. The number of nitrogens with zero attached hydrogens (tertiary/aromatic N) is 1. The Morgan fingerprint density at radius 1 is 1.38 bits per heavy atom. The van der Waals surface area contributed by atoms with Gasteiger partial charge in [-0.25, -0.2) is 0 Å². The maximum Gasteiger partial charge on any atom is 0.248 e. The fourth-order valence-electron chi connectivity index (χ4n) is 2.05. The summed E-state index contributed by atoms with van der Waals surface area (Å²) < 4.78 is 0. The van der Waals surface area contributed by atoms with Crippen molar-refractivity contribution in [1.29, 1.82) is 0 Å². The van der Waals surface area contributed by atoms with Gasteiger partial charge in [0, 0.05) is 25.2 Å². The first-order chi connectivity index (χ1) is 9.97. The lowest BCUT2D eigenvalue weighted by molar-refractivity contribution is -0.126. The molecule has 0 saturated heterocycles. The number of aliphatic hydroxyl groups excluding tert-OH is 1. The minimum absolute atomic E-state index is 0.159. The summed E-state index contributed by atoms with van der Waals surface area (Å²) in [5, 5.41) is 9.81. The molecule has 1 aromatic rings. The molecule has 1 atom stereocenters. The number of aliphatic hydroxyl groups is 1. The average Bonchev–Trinajstić information content (AvgIpc) is 3.29. The van der Waals surface area contributed by atoms with Crippen molar-refractivity contribution in [3.63, 3.8) is 0 Å². The number of primary amides is 1. The highest BCUT2D eigenvalue weighted by atomic mass is 16.3. The van der Waals surface area contributed by atoms with Crippen molar-refractivity contribution in [2.45, 2.75) is 18.9 Å². The molecule has 1 saturated carbocycles. The summed E-state index contributed by atoms with van der Waals surface area (Å²) >= 11 is 0. The molecule has 0 aliphatic heterocycles. The Morgan fingerprint density at radius 2 is 2.00 bits per heavy atom. The zero-order chi connectivity index (χ0) is 15.4. The van der Waals surface area contributed by atoms with Gasteiger partial charge in [0.05, 0.1) is 6.10 Å². The van der Waals surface area contributed by atoms with Crippen LogP contribution in [-0.4, -0.2) is 41.5 Å². The molecule has 112 valence electrons. The molecule has 0 heterocycles. The summed E-state index contributed by atoms with van der Waals surface area (Å²) in [7, 11) is 1.68. The van der Waals surface area contributed by atoms with Crippen molar-refractivity contribution >= 4 is 17.9 Å². The highest BCUT2D eigenvalue weighted by Crippen LogP contribution is 2.32. The van der Waals surface area contributed by atoms with E-state index < -0.39 is 12.0 Å². The Hall–Kier alpha value is -2.14. The lowest BCUT2D eigenvalue weighted by Crippen LogP contribution is -2.34. The van der Waals surface area contributed by atoms with E-state index >= 15 is 0 Å². The molecule has 21 heavy (non-hydrogen) atoms. The predicted molar refractivity (Wildman–Crippen MR) is 80.4 cm³/mol. The largest absolute Gasteiger partial charge is 0.391 e. The topological polar surface area (TPSA) is 83.6 Å². The van der Waals surface area contributed by atoms with Crippen LogP contribution >= 0.6 is 0 Å². The third kappa shape index (κ3) is 4.43. The number of likely N-dealkylation sites (N-methyl/N-ethyl adjacent to an activating group) is 1. The maximum absolute atomic E-state index is 11.9. The summed E-state index contributed by atoms with van der Waals surface area (Å²) in [5.41, 5.74) is 6.40. The van der Waals surface area contributed by atoms with E-state index in [0.717, 1.165) is 18.4 Å². The van der Waals surface area contributed by atoms with Gasteiger partial charge in [0.25, 0.3) is 0 Å². The van der Waals surface area contributed by atoms with Gasteiger partial charge in [-0.3, -0.25) is 9.59 Å². The van der Waals surface area contributed by atoms with Crippen molar-refractivity contribution in [3.05, 3.63) is 41.5 Å². The number of hydrogen-bond acceptors (Lipinski definition) is 3. The van der Waals surface area contributed by atoms with E-state index in [9.17, 15) is 14.7 Å². The molecule has 1 aliphatic rings. The fraction of sp³-hybridized carbons (Fsp3) is 0.375. The van der Waals surface area contributed by atoms with Gasteiger partial charge in [0.1, 0.15) is 0 Å². The zero-order valence-electron chi connectivity index (χ0n) is 12.0. The molecule has 5 nitrogen and oxygen atoms in total. The van der Waals surface area contributed by atoms with Crippen LogP contribution in [0, 0.1) is 5.92 Å². The van der Waals surface area contributed by atoms with Crippen LogP contribution in [-0.2, 0) is 4.79 Å². The standard InChI is InChI=1S/C16H20N2O3/c1-18(10-14(19)12-7-8-12)15(20)9-4-11-2-5-13(6-3-11)16(17)21/h2-6,9,12,14,19H,7-8,10H2,1H3,(H2,17,21). The summed E-state index contributed by atoms with van der Waals surface area (Å²) in [5.74, 6) is -0.283. The molecule has 1 fully saturated rings. The number of amides is 2. The Balaban J connectivity index is 1.89. The average molecular weight is 288 g/mol. The summed E-state index contributed by atoms with van der Waals surface area (Å²) in [4.78, 5) is 24.4. The number of hydrogen-bond donors (Lipinski definition) is 2. The highest BCUT2D eigenvalue weighted by molar-refractivity contribution is 5.94. The second-order valence-electron chi connectivity index (χ2n) is 5.44. The van der Waals surface area contributed by atoms with Crippen molar-refractivity contribution in [2.24, 2.45) is 11.7 Å². The molecule has 0 bridgehead atoms. The van der Waals surface area contributed by atoms with Crippen molar-refractivity contribution in [2.75, 3.05) is 13.6 Å². The van der Waals surface area contributed by atoms with Gasteiger partial charge in [0.2, 0.25) is 11.8 Å². The second-order valence-corrected chi connectivity index (χ2v) is 5.44. The summed E-state index contributed by atoms with van der Waals surface area (Å²) in [6.45, 7) is 0.356. The van der Waals surface area contributed by atoms with E-state index in [-0.39, 0.29) is 5.91 Å². The van der Waals surface area contributed by atoms with E-state index in [1.807, 2.05) is 0 Å². The molecular weight excluding hydrogens is 268 g/mol. The summed E-state index contributed by atoms with van der Waals surface area (Å²) in [6, 6.07) is 6.69. The van der Waals surface area contributed by atoms with Crippen LogP contribution in [0.15, 0.2) is 30.3 Å². The first kappa shape index (κ1) is 15.3. The van der Waals surface area contributed by atoms with Crippen molar-refractivity contribution < 1.29 is 14.7 Å². The number of carbonyl (C=O) groups is 2. The highest BCUT2D eigenvalue weighted by Gasteiger charge is 2.30. The predicted octanol–water partition coefficient (Wildman–Crippen LogP) is 1.03. The van der Waals surface area contributed by atoms with Crippen molar-refractivity contribution in [3.8, 4) is 0 Å². The van der Waals surface area contributed by atoms with Crippen LogP contribution in [0.1, 0.15) is 28.8 Å². The van der Waals surface area contributed by atoms with Gasteiger partial charge in [0.15, 0.2) is 0 Å². The fourth-order valence-corrected chi connectivity index (χ4v) is 2.05. The van der Waals surface area contributed by atoms with Gasteiger partial charge >= 0.3 is 0 Å². The first-order valence-electron chi connectivity index (χ1n) is 6.98. The molecule has 1 aliphatic carbocycles. The van der Waals surface area contributed by atoms with E-state index in [1.165, 1.54) is 11.0 Å². The smallest absolute Gasteiger partial charge is 0.248 e. The molecule has 0 radical (unpaired) electrons. The SMILES string of the molecule is CN(CC(O)C1CC1)C(=O)C=Cc1ccc(C(N)=O)cc1. The normalized spacial score (nSPS) is 15.9. The van der Waals surface area contributed by atoms with E-state index in [2.05, 4.69) is 0 Å². The lowest BCUT2D eigenvalue weighted by atomic mass is 10.1. The van der Waals surface area contributed by atoms with E-state index in [4.69, 9.17) is 5.73 Å². The maximum atomic E-state index is 11.9. The van der Waals surface area contributed by atoms with Gasteiger partial charge in [-0.15, -0.1) is 0 Å². The van der Waals surface area contributed by atoms with Crippen LogP contribution in [0.3, 0.4) is 0 Å². The third-order valence-corrected chi connectivity index (χ3v) is 3.62. The number of nitrogens with two attached hydrogens (primary N) is 1. The molecule has 1 aromatic carbocycles. The van der Waals surface area contributed by atoms with Gasteiger partial charge in [-0.1, -0.05) is 12.1 Å². The quantitative estimate of drug-likeness (QED) is 0.767. The molecule has 2 rings (SSSR count).